The fourth-order valence-electron chi connectivity index (χ4n) is 2.69. The lowest BCUT2D eigenvalue weighted by molar-refractivity contribution is 0.101. The summed E-state index contributed by atoms with van der Waals surface area (Å²) in [4.78, 5) is 27.1. The lowest BCUT2D eigenvalue weighted by Crippen LogP contribution is -2.15. The predicted octanol–water partition coefficient (Wildman–Crippen LogP) is 3.37. The van der Waals surface area contributed by atoms with Crippen LogP contribution in [0.5, 0.6) is 0 Å². The lowest BCUT2D eigenvalue weighted by Gasteiger charge is -2.06. The average Bonchev–Trinajstić information content (AvgIpc) is 3.10. The number of hydrazone groups is 1. The van der Waals surface area contributed by atoms with Crippen molar-refractivity contribution in [2.45, 2.75) is 13.8 Å². The number of hydrogen-bond acceptors (Lipinski definition) is 5. The van der Waals surface area contributed by atoms with Crippen LogP contribution in [0.2, 0.25) is 0 Å². The Balaban J connectivity index is 1.74. The first-order valence-electron chi connectivity index (χ1n) is 8.63. The number of nitrogens with zero attached hydrogens (tertiary/aromatic N) is 1. The number of Topliss-reactive ketones (excluding diaryl/α,β-unsaturated/α-hetero) is 1. The Morgan fingerprint density at radius 3 is 2.36 bits per heavy atom. The summed E-state index contributed by atoms with van der Waals surface area (Å²) in [5, 5.41) is 7.76. The van der Waals surface area contributed by atoms with Gasteiger partial charge in [0.05, 0.1) is 5.71 Å². The highest BCUT2D eigenvalue weighted by molar-refractivity contribution is 6.07. The smallest absolute Gasteiger partial charge is 0.272 e. The van der Waals surface area contributed by atoms with Gasteiger partial charge in [-0.05, 0) is 55.8 Å². The molecule has 1 aromatic heterocycles. The second kappa shape index (κ2) is 7.79. The molecule has 0 aliphatic carbocycles. The summed E-state index contributed by atoms with van der Waals surface area (Å²) < 4.78 is 0. The second-order valence-corrected chi connectivity index (χ2v) is 6.41. The number of carbonyl (C=O) groups excluding carboxylic acids is 2. The standard InChI is InChI=1S/C21H21N5O2/c1-12(25-26-14(3)22)15-4-7-18(8-5-15)23-21(28)20-11-17-10-16(13(2)27)6-9-19(17)24-20/h4-11,24,26H,3,22H2,1-2H3,(H,23,28)/b25-12+. The normalized spacial score (nSPS) is 11.3. The molecule has 0 radical (unpaired) electrons. The summed E-state index contributed by atoms with van der Waals surface area (Å²) >= 11 is 0. The Bertz CT molecular complexity index is 1090. The Morgan fingerprint density at radius 1 is 1.04 bits per heavy atom. The van der Waals surface area contributed by atoms with Crippen LogP contribution in [-0.2, 0) is 0 Å². The van der Waals surface area contributed by atoms with Crippen LogP contribution in [0.15, 0.2) is 66.0 Å². The SMILES string of the molecule is C=C(N)N/N=C(\C)c1ccc(NC(=O)c2cc3cc(C(C)=O)ccc3[nH]2)cc1. The van der Waals surface area contributed by atoms with E-state index >= 15 is 0 Å². The number of rotatable bonds is 6. The molecule has 0 saturated heterocycles. The topological polar surface area (TPSA) is 112 Å². The van der Waals surface area contributed by atoms with Crippen molar-refractivity contribution in [2.75, 3.05) is 5.32 Å². The molecule has 5 N–H and O–H groups in total. The van der Waals surface area contributed by atoms with Crippen LogP contribution in [0.4, 0.5) is 5.69 Å². The van der Waals surface area contributed by atoms with Crippen molar-refractivity contribution in [3.63, 3.8) is 0 Å². The molecule has 3 aromatic rings. The third-order valence-corrected chi connectivity index (χ3v) is 4.20. The zero-order chi connectivity index (χ0) is 20.3. The molecule has 28 heavy (non-hydrogen) atoms. The van der Waals surface area contributed by atoms with E-state index in [1.54, 1.807) is 36.4 Å². The van der Waals surface area contributed by atoms with Crippen molar-refractivity contribution in [3.05, 3.63) is 77.8 Å². The van der Waals surface area contributed by atoms with Crippen molar-refractivity contribution in [1.29, 1.82) is 0 Å². The maximum absolute atomic E-state index is 12.5. The fraction of sp³-hybridized carbons (Fsp3) is 0.0952. The minimum absolute atomic E-state index is 0.0148. The highest BCUT2D eigenvalue weighted by Crippen LogP contribution is 2.19. The molecule has 7 heteroatoms. The molecule has 0 unspecified atom stereocenters. The van der Waals surface area contributed by atoms with Gasteiger partial charge in [0, 0.05) is 22.2 Å². The Hall–Kier alpha value is -3.87. The first-order chi connectivity index (χ1) is 13.3. The van der Waals surface area contributed by atoms with Crippen LogP contribution in [0, 0.1) is 0 Å². The van der Waals surface area contributed by atoms with E-state index in [1.165, 1.54) is 6.92 Å². The van der Waals surface area contributed by atoms with Gasteiger partial charge >= 0.3 is 0 Å². The van der Waals surface area contributed by atoms with Gasteiger partial charge in [0.25, 0.3) is 5.91 Å². The van der Waals surface area contributed by atoms with E-state index in [1.807, 2.05) is 19.1 Å². The molecule has 0 spiro atoms. The Kier molecular flexibility index (Phi) is 5.26. The van der Waals surface area contributed by atoms with Crippen LogP contribution in [0.1, 0.15) is 40.3 Å². The van der Waals surface area contributed by atoms with E-state index in [9.17, 15) is 9.59 Å². The molecular formula is C21H21N5O2. The first kappa shape index (κ1) is 18.9. The second-order valence-electron chi connectivity index (χ2n) is 6.41. The van der Waals surface area contributed by atoms with Crippen LogP contribution in [0.25, 0.3) is 10.9 Å². The van der Waals surface area contributed by atoms with Crippen molar-refractivity contribution in [3.8, 4) is 0 Å². The van der Waals surface area contributed by atoms with Crippen molar-refractivity contribution in [1.82, 2.24) is 10.4 Å². The van der Waals surface area contributed by atoms with Crippen LogP contribution >= 0.6 is 0 Å². The number of amides is 1. The molecule has 142 valence electrons. The van der Waals surface area contributed by atoms with Crippen LogP contribution < -0.4 is 16.5 Å². The summed E-state index contributed by atoms with van der Waals surface area (Å²) in [5.74, 6) is -0.0178. The number of hydrogen-bond donors (Lipinski definition) is 4. The Morgan fingerprint density at radius 2 is 1.71 bits per heavy atom. The van der Waals surface area contributed by atoms with E-state index in [-0.39, 0.29) is 17.5 Å². The molecule has 1 heterocycles. The zero-order valence-electron chi connectivity index (χ0n) is 15.7. The van der Waals surface area contributed by atoms with E-state index in [2.05, 4.69) is 27.4 Å². The molecule has 2 aromatic carbocycles. The predicted molar refractivity (Wildman–Crippen MR) is 111 cm³/mol. The minimum Gasteiger partial charge on any atom is -0.385 e. The molecule has 0 saturated carbocycles. The third kappa shape index (κ3) is 4.27. The number of nitrogens with one attached hydrogen (secondary N) is 3. The monoisotopic (exact) mass is 375 g/mol. The van der Waals surface area contributed by atoms with Crippen molar-refractivity contribution in [2.24, 2.45) is 10.8 Å². The first-order valence-corrected chi connectivity index (χ1v) is 8.63. The Labute approximate surface area is 162 Å². The van der Waals surface area contributed by atoms with E-state index in [4.69, 9.17) is 5.73 Å². The average molecular weight is 375 g/mol. The number of aromatic amines is 1. The largest absolute Gasteiger partial charge is 0.385 e. The van der Waals surface area contributed by atoms with E-state index < -0.39 is 0 Å². The van der Waals surface area contributed by atoms with Gasteiger partial charge in [0.2, 0.25) is 0 Å². The number of benzene rings is 2. The zero-order valence-corrected chi connectivity index (χ0v) is 15.7. The summed E-state index contributed by atoms with van der Waals surface area (Å²) in [6, 6.07) is 14.3. The van der Waals surface area contributed by atoms with Gasteiger partial charge < -0.3 is 16.0 Å². The van der Waals surface area contributed by atoms with Gasteiger partial charge in [-0.3, -0.25) is 15.0 Å². The molecule has 3 rings (SSSR count). The molecule has 1 amide bonds. The summed E-state index contributed by atoms with van der Waals surface area (Å²) in [7, 11) is 0. The third-order valence-electron chi connectivity index (χ3n) is 4.20. The molecule has 0 fully saturated rings. The maximum atomic E-state index is 12.5. The number of nitrogens with two attached hydrogens (primary N) is 1. The fourth-order valence-corrected chi connectivity index (χ4v) is 2.69. The van der Waals surface area contributed by atoms with Crippen molar-refractivity contribution < 1.29 is 9.59 Å². The molecule has 0 atom stereocenters. The van der Waals surface area contributed by atoms with E-state index in [0.717, 1.165) is 22.2 Å². The quantitative estimate of drug-likeness (QED) is 0.301. The number of anilines is 1. The number of fused-ring (bicyclic) bond motifs is 1. The number of H-pyrrole nitrogens is 1. The summed E-state index contributed by atoms with van der Waals surface area (Å²) in [5.41, 5.74) is 12.1. The highest BCUT2D eigenvalue weighted by Gasteiger charge is 2.11. The number of aromatic nitrogens is 1. The molecule has 0 aliphatic heterocycles. The minimum atomic E-state index is -0.264. The number of carbonyl (C=O) groups is 2. The van der Waals surface area contributed by atoms with Gasteiger partial charge in [-0.2, -0.15) is 5.10 Å². The van der Waals surface area contributed by atoms with Crippen molar-refractivity contribution >= 4 is 34.0 Å². The van der Waals surface area contributed by atoms with Crippen LogP contribution in [-0.4, -0.2) is 22.4 Å². The van der Waals surface area contributed by atoms with E-state index in [0.29, 0.717) is 16.9 Å². The summed E-state index contributed by atoms with van der Waals surface area (Å²) in [6.45, 7) is 6.87. The summed E-state index contributed by atoms with van der Waals surface area (Å²) in [6.07, 6.45) is 0. The maximum Gasteiger partial charge on any atom is 0.272 e. The number of ketones is 1. The molecule has 7 nitrogen and oxygen atoms in total. The highest BCUT2D eigenvalue weighted by atomic mass is 16.2. The molecule has 0 aliphatic rings. The van der Waals surface area contributed by atoms with Gasteiger partial charge in [-0.1, -0.05) is 18.7 Å². The molecular weight excluding hydrogens is 354 g/mol. The van der Waals surface area contributed by atoms with Gasteiger partial charge in [-0.25, -0.2) is 0 Å². The molecule has 0 bridgehead atoms. The van der Waals surface area contributed by atoms with Crippen LogP contribution in [0.3, 0.4) is 0 Å². The lowest BCUT2D eigenvalue weighted by atomic mass is 10.1. The van der Waals surface area contributed by atoms with Gasteiger partial charge in [0.15, 0.2) is 5.78 Å². The van der Waals surface area contributed by atoms with Gasteiger partial charge in [-0.15, -0.1) is 0 Å². The van der Waals surface area contributed by atoms with Gasteiger partial charge in [0.1, 0.15) is 11.5 Å².